The second-order valence-electron chi connectivity index (χ2n) is 6.62. The molecule has 1 aromatic heterocycles. The molecule has 0 spiro atoms. The van der Waals surface area contributed by atoms with Gasteiger partial charge in [0, 0.05) is 44.5 Å². The van der Waals surface area contributed by atoms with Gasteiger partial charge >= 0.3 is 0 Å². The molecule has 1 aliphatic heterocycles. The fraction of sp³-hybridized carbons (Fsp3) is 0.400. The van der Waals surface area contributed by atoms with Crippen LogP contribution in [0.4, 0.5) is 4.39 Å². The van der Waals surface area contributed by atoms with Gasteiger partial charge in [-0.25, -0.2) is 4.39 Å². The molecule has 2 heterocycles. The van der Waals surface area contributed by atoms with Crippen LogP contribution in [0.2, 0.25) is 0 Å². The van der Waals surface area contributed by atoms with Gasteiger partial charge in [-0.05, 0) is 47.5 Å². The van der Waals surface area contributed by atoms with Gasteiger partial charge in [0.2, 0.25) is 5.91 Å². The minimum Gasteiger partial charge on any atom is -0.356 e. The summed E-state index contributed by atoms with van der Waals surface area (Å²) in [5.41, 5.74) is 2.75. The Morgan fingerprint density at radius 3 is 2.96 bits per heavy atom. The summed E-state index contributed by atoms with van der Waals surface area (Å²) < 4.78 is 13.6. The van der Waals surface area contributed by atoms with E-state index >= 15 is 0 Å². The summed E-state index contributed by atoms with van der Waals surface area (Å²) in [5.74, 6) is 0.538. The number of aliphatic imine (C=N–C) groups is 1. The highest BCUT2D eigenvalue weighted by molar-refractivity contribution is 7.10. The molecule has 1 aliphatic rings. The molecular formula is C20H25FN4OS. The number of halogens is 1. The molecule has 0 aliphatic carbocycles. The predicted molar refractivity (Wildman–Crippen MR) is 107 cm³/mol. The van der Waals surface area contributed by atoms with Crippen molar-refractivity contribution in [1.29, 1.82) is 0 Å². The van der Waals surface area contributed by atoms with Crippen molar-refractivity contribution >= 4 is 23.2 Å². The average molecular weight is 389 g/mol. The Labute approximate surface area is 163 Å². The number of thiophene rings is 1. The highest BCUT2D eigenvalue weighted by Gasteiger charge is 2.20. The first kappa shape index (κ1) is 19.4. The van der Waals surface area contributed by atoms with Crippen molar-refractivity contribution in [3.05, 3.63) is 57.0 Å². The van der Waals surface area contributed by atoms with Crippen LogP contribution in [0.25, 0.3) is 0 Å². The Morgan fingerprint density at radius 1 is 1.33 bits per heavy atom. The number of nitrogens with zero attached hydrogens (tertiary/aromatic N) is 2. The Bertz CT molecular complexity index is 833. The van der Waals surface area contributed by atoms with Crippen LogP contribution in [0.3, 0.4) is 0 Å². The van der Waals surface area contributed by atoms with E-state index in [-0.39, 0.29) is 11.7 Å². The van der Waals surface area contributed by atoms with E-state index in [1.807, 2.05) is 11.0 Å². The monoisotopic (exact) mass is 388 g/mol. The number of guanidine groups is 1. The molecule has 0 fully saturated rings. The summed E-state index contributed by atoms with van der Waals surface area (Å²) in [5, 5.41) is 8.39. The lowest BCUT2D eigenvalue weighted by Crippen LogP contribution is -2.40. The average Bonchev–Trinajstić information content (AvgIpc) is 3.14. The molecule has 7 heteroatoms. The van der Waals surface area contributed by atoms with Gasteiger partial charge < -0.3 is 15.5 Å². The Kier molecular flexibility index (Phi) is 6.45. The van der Waals surface area contributed by atoms with E-state index in [4.69, 9.17) is 0 Å². The molecule has 0 saturated carbocycles. The topological polar surface area (TPSA) is 56.7 Å². The summed E-state index contributed by atoms with van der Waals surface area (Å²) in [6.45, 7) is 4.22. The predicted octanol–water partition coefficient (Wildman–Crippen LogP) is 2.84. The molecule has 3 rings (SSSR count). The Morgan fingerprint density at radius 2 is 2.19 bits per heavy atom. The van der Waals surface area contributed by atoms with E-state index in [9.17, 15) is 9.18 Å². The van der Waals surface area contributed by atoms with Crippen molar-refractivity contribution in [3.63, 3.8) is 0 Å². The molecule has 1 amide bonds. The third kappa shape index (κ3) is 5.07. The lowest BCUT2D eigenvalue weighted by atomic mass is 10.1. The number of aryl methyl sites for hydroxylation is 1. The van der Waals surface area contributed by atoms with Crippen molar-refractivity contribution in [2.45, 2.75) is 32.9 Å². The van der Waals surface area contributed by atoms with E-state index in [0.717, 1.165) is 18.5 Å². The summed E-state index contributed by atoms with van der Waals surface area (Å²) in [7, 11) is 1.68. The van der Waals surface area contributed by atoms with Crippen molar-refractivity contribution in [3.8, 4) is 0 Å². The molecule has 0 radical (unpaired) electrons. The second-order valence-corrected chi connectivity index (χ2v) is 7.62. The maximum atomic E-state index is 13.6. The lowest BCUT2D eigenvalue weighted by molar-refractivity contribution is -0.131. The molecule has 144 valence electrons. The highest BCUT2D eigenvalue weighted by Crippen LogP contribution is 2.24. The number of rotatable bonds is 5. The molecule has 0 bridgehead atoms. The van der Waals surface area contributed by atoms with Crippen molar-refractivity contribution in [2.75, 3.05) is 20.1 Å². The lowest BCUT2D eigenvalue weighted by Gasteiger charge is -2.27. The van der Waals surface area contributed by atoms with Gasteiger partial charge in [0.1, 0.15) is 5.82 Å². The molecule has 2 aromatic rings. The molecule has 0 unspecified atom stereocenters. The first-order valence-corrected chi connectivity index (χ1v) is 9.97. The number of fused-ring (bicyclic) bond motifs is 1. The molecule has 5 nitrogen and oxygen atoms in total. The number of benzene rings is 1. The smallest absolute Gasteiger partial charge is 0.224 e. The van der Waals surface area contributed by atoms with Gasteiger partial charge in [-0.3, -0.25) is 9.79 Å². The zero-order chi connectivity index (χ0) is 19.2. The molecular weight excluding hydrogens is 363 g/mol. The number of nitrogens with one attached hydrogen (secondary N) is 2. The van der Waals surface area contributed by atoms with Crippen LogP contribution >= 0.6 is 11.3 Å². The van der Waals surface area contributed by atoms with Crippen LogP contribution in [-0.2, 0) is 24.3 Å². The van der Waals surface area contributed by atoms with Gasteiger partial charge in [0.05, 0.1) is 0 Å². The first-order valence-electron chi connectivity index (χ1n) is 9.09. The molecule has 0 saturated heterocycles. The molecule has 1 aromatic carbocycles. The van der Waals surface area contributed by atoms with Gasteiger partial charge in [0.15, 0.2) is 5.96 Å². The third-order valence-corrected chi connectivity index (χ3v) is 5.73. The minimum atomic E-state index is -0.210. The van der Waals surface area contributed by atoms with Gasteiger partial charge in [-0.15, -0.1) is 11.3 Å². The maximum Gasteiger partial charge on any atom is 0.224 e. The highest BCUT2D eigenvalue weighted by atomic mass is 32.1. The van der Waals surface area contributed by atoms with Crippen LogP contribution in [0.1, 0.15) is 28.0 Å². The van der Waals surface area contributed by atoms with E-state index in [0.29, 0.717) is 37.6 Å². The number of carbonyl (C=O) groups is 1. The summed E-state index contributed by atoms with van der Waals surface area (Å²) >= 11 is 1.77. The zero-order valence-corrected chi connectivity index (χ0v) is 16.5. The number of amides is 1. The van der Waals surface area contributed by atoms with Crippen LogP contribution < -0.4 is 10.6 Å². The standard InChI is InChI=1S/C20H25FN4OS/c1-14-3-4-15(11-17(14)21)12-24-20(22-2)23-8-5-19(26)25-9-6-18-16(13-25)7-10-27-18/h3-4,7,10-11H,5-6,8-9,12-13H2,1-2H3,(H2,22,23,24). The zero-order valence-electron chi connectivity index (χ0n) is 15.7. The van der Waals surface area contributed by atoms with E-state index in [2.05, 4.69) is 27.1 Å². The number of hydrogen-bond donors (Lipinski definition) is 2. The summed E-state index contributed by atoms with van der Waals surface area (Å²) in [4.78, 5) is 19.9. The second kappa shape index (κ2) is 8.99. The number of hydrogen-bond acceptors (Lipinski definition) is 3. The van der Waals surface area contributed by atoms with Crippen molar-refractivity contribution in [2.24, 2.45) is 4.99 Å². The van der Waals surface area contributed by atoms with Crippen molar-refractivity contribution in [1.82, 2.24) is 15.5 Å². The minimum absolute atomic E-state index is 0.149. The quantitative estimate of drug-likeness (QED) is 0.612. The van der Waals surface area contributed by atoms with Crippen LogP contribution in [0.15, 0.2) is 34.6 Å². The molecule has 2 N–H and O–H groups in total. The van der Waals surface area contributed by atoms with Crippen LogP contribution in [0, 0.1) is 12.7 Å². The Hall–Kier alpha value is -2.41. The van der Waals surface area contributed by atoms with E-state index < -0.39 is 0 Å². The first-order chi connectivity index (χ1) is 13.1. The normalized spacial score (nSPS) is 14.0. The van der Waals surface area contributed by atoms with Gasteiger partial charge in [0.25, 0.3) is 0 Å². The third-order valence-electron chi connectivity index (χ3n) is 4.71. The maximum absolute atomic E-state index is 13.6. The SMILES string of the molecule is CN=C(NCCC(=O)N1CCc2sccc2C1)NCc1ccc(C)c(F)c1. The Balaban J connectivity index is 1.42. The fourth-order valence-corrected chi connectivity index (χ4v) is 3.95. The fourth-order valence-electron chi connectivity index (χ4n) is 3.06. The molecule has 0 atom stereocenters. The largest absolute Gasteiger partial charge is 0.356 e. The summed E-state index contributed by atoms with van der Waals surface area (Å²) in [6.07, 6.45) is 1.36. The summed E-state index contributed by atoms with van der Waals surface area (Å²) in [6, 6.07) is 7.28. The van der Waals surface area contributed by atoms with E-state index in [1.165, 1.54) is 16.5 Å². The number of carbonyl (C=O) groups excluding carboxylic acids is 1. The van der Waals surface area contributed by atoms with Crippen LogP contribution in [0.5, 0.6) is 0 Å². The van der Waals surface area contributed by atoms with E-state index in [1.54, 1.807) is 31.4 Å². The van der Waals surface area contributed by atoms with Gasteiger partial charge in [-0.2, -0.15) is 0 Å². The van der Waals surface area contributed by atoms with Crippen LogP contribution in [-0.4, -0.2) is 36.9 Å². The molecule has 27 heavy (non-hydrogen) atoms. The van der Waals surface area contributed by atoms with Crippen molar-refractivity contribution < 1.29 is 9.18 Å². The van der Waals surface area contributed by atoms with Gasteiger partial charge in [-0.1, -0.05) is 12.1 Å².